The first-order valence-corrected chi connectivity index (χ1v) is 4.74. The lowest BCUT2D eigenvalue weighted by atomic mass is 10.2. The number of rotatable bonds is 6. The largest absolute Gasteiger partial charge is 0.342 e. The Balaban J connectivity index is 3.60. The predicted molar refractivity (Wildman–Crippen MR) is 50.8 cm³/mol. The highest BCUT2D eigenvalue weighted by Gasteiger charge is 2.07. The van der Waals surface area contributed by atoms with Crippen molar-refractivity contribution < 1.29 is 4.79 Å². The number of amides is 1. The normalized spacial score (nSPS) is 9.92. The maximum absolute atomic E-state index is 11.1. The van der Waals surface area contributed by atoms with Gasteiger partial charge in [-0.2, -0.15) is 0 Å². The van der Waals surface area contributed by atoms with Crippen LogP contribution in [0.2, 0.25) is 0 Å². The van der Waals surface area contributed by atoms with E-state index in [0.717, 1.165) is 19.5 Å². The zero-order valence-corrected chi connectivity index (χ0v) is 8.18. The fourth-order valence-electron chi connectivity index (χ4n) is 1.14. The molecule has 2 N–H and O–H groups in total. The molecule has 0 aliphatic rings. The van der Waals surface area contributed by atoms with Gasteiger partial charge in [0.2, 0.25) is 5.91 Å². The number of unbranched alkanes of at least 4 members (excludes halogenated alkanes) is 2. The fraction of sp³-hybridized carbons (Fsp3) is 0.889. The summed E-state index contributed by atoms with van der Waals surface area (Å²) in [6.45, 7) is 5.92. The van der Waals surface area contributed by atoms with Gasteiger partial charge in [0.15, 0.2) is 0 Å². The van der Waals surface area contributed by atoms with Gasteiger partial charge in [-0.1, -0.05) is 19.8 Å². The van der Waals surface area contributed by atoms with E-state index in [1.807, 2.05) is 11.8 Å². The Hall–Kier alpha value is -0.570. The third kappa shape index (κ3) is 4.34. The van der Waals surface area contributed by atoms with Crippen LogP contribution in [-0.2, 0) is 4.79 Å². The van der Waals surface area contributed by atoms with Crippen molar-refractivity contribution in [1.29, 1.82) is 0 Å². The summed E-state index contributed by atoms with van der Waals surface area (Å²) in [7, 11) is 0. The summed E-state index contributed by atoms with van der Waals surface area (Å²) >= 11 is 0. The molecule has 72 valence electrons. The first kappa shape index (κ1) is 11.4. The molecule has 0 atom stereocenters. The van der Waals surface area contributed by atoms with Gasteiger partial charge in [-0.15, -0.1) is 0 Å². The molecule has 0 unspecified atom stereocenters. The van der Waals surface area contributed by atoms with Crippen LogP contribution in [0.4, 0.5) is 0 Å². The molecule has 0 aromatic rings. The second-order valence-corrected chi connectivity index (χ2v) is 2.88. The lowest BCUT2D eigenvalue weighted by Gasteiger charge is -2.19. The molecule has 0 heterocycles. The number of carbonyl (C=O) groups is 1. The van der Waals surface area contributed by atoms with Crippen LogP contribution in [-0.4, -0.2) is 30.4 Å². The fourth-order valence-corrected chi connectivity index (χ4v) is 1.14. The molecular formula is C9H20N2O. The highest BCUT2D eigenvalue weighted by Crippen LogP contribution is 1.97. The lowest BCUT2D eigenvalue weighted by Crippen LogP contribution is -2.36. The third-order valence-electron chi connectivity index (χ3n) is 1.94. The highest BCUT2D eigenvalue weighted by atomic mass is 16.2. The number of nitrogens with two attached hydrogens (primary N) is 1. The van der Waals surface area contributed by atoms with Gasteiger partial charge in [-0.05, 0) is 13.3 Å². The van der Waals surface area contributed by atoms with Crippen LogP contribution < -0.4 is 5.73 Å². The number of hydrogen-bond donors (Lipinski definition) is 1. The maximum Gasteiger partial charge on any atom is 0.236 e. The molecule has 0 aromatic heterocycles. The summed E-state index contributed by atoms with van der Waals surface area (Å²) in [5, 5.41) is 0. The number of hydrogen-bond acceptors (Lipinski definition) is 2. The van der Waals surface area contributed by atoms with Crippen LogP contribution in [0, 0.1) is 0 Å². The van der Waals surface area contributed by atoms with Gasteiger partial charge in [0, 0.05) is 13.1 Å². The smallest absolute Gasteiger partial charge is 0.236 e. The quantitative estimate of drug-likeness (QED) is 0.607. The lowest BCUT2D eigenvalue weighted by molar-refractivity contribution is -0.129. The van der Waals surface area contributed by atoms with Crippen molar-refractivity contribution >= 4 is 5.91 Å². The van der Waals surface area contributed by atoms with Crippen LogP contribution in [0.3, 0.4) is 0 Å². The van der Waals surface area contributed by atoms with Gasteiger partial charge in [-0.3, -0.25) is 4.79 Å². The van der Waals surface area contributed by atoms with E-state index in [4.69, 9.17) is 5.73 Å². The Morgan fingerprint density at radius 1 is 1.33 bits per heavy atom. The second kappa shape index (κ2) is 7.10. The van der Waals surface area contributed by atoms with Crippen LogP contribution in [0.5, 0.6) is 0 Å². The van der Waals surface area contributed by atoms with Gasteiger partial charge in [0.1, 0.15) is 0 Å². The average Bonchev–Trinajstić information content (AvgIpc) is 2.11. The van der Waals surface area contributed by atoms with Crippen molar-refractivity contribution in [3.8, 4) is 0 Å². The van der Waals surface area contributed by atoms with E-state index in [1.165, 1.54) is 12.8 Å². The maximum atomic E-state index is 11.1. The zero-order valence-electron chi connectivity index (χ0n) is 8.18. The van der Waals surface area contributed by atoms with Gasteiger partial charge in [0.05, 0.1) is 6.54 Å². The van der Waals surface area contributed by atoms with Crippen molar-refractivity contribution in [3.05, 3.63) is 0 Å². The molecule has 0 saturated carbocycles. The molecule has 0 aliphatic heterocycles. The Morgan fingerprint density at radius 2 is 2.00 bits per heavy atom. The Kier molecular flexibility index (Phi) is 6.76. The Labute approximate surface area is 74.9 Å². The van der Waals surface area contributed by atoms with E-state index in [9.17, 15) is 4.79 Å². The Bertz CT molecular complexity index is 126. The van der Waals surface area contributed by atoms with Crippen LogP contribution in [0.15, 0.2) is 0 Å². The molecule has 3 nitrogen and oxygen atoms in total. The number of nitrogens with zero attached hydrogens (tertiary/aromatic N) is 1. The molecule has 0 radical (unpaired) electrons. The molecule has 0 aromatic carbocycles. The Morgan fingerprint density at radius 3 is 2.42 bits per heavy atom. The van der Waals surface area contributed by atoms with E-state index < -0.39 is 0 Å². The molecule has 0 rings (SSSR count). The van der Waals surface area contributed by atoms with E-state index >= 15 is 0 Å². The summed E-state index contributed by atoms with van der Waals surface area (Å²) < 4.78 is 0. The zero-order chi connectivity index (χ0) is 9.40. The summed E-state index contributed by atoms with van der Waals surface area (Å²) in [6.07, 6.45) is 3.47. The van der Waals surface area contributed by atoms with Crippen LogP contribution >= 0.6 is 0 Å². The van der Waals surface area contributed by atoms with Crippen molar-refractivity contribution in [2.75, 3.05) is 19.6 Å². The minimum absolute atomic E-state index is 0.0635. The molecule has 12 heavy (non-hydrogen) atoms. The molecule has 0 bridgehead atoms. The molecule has 3 heteroatoms. The summed E-state index contributed by atoms with van der Waals surface area (Å²) in [6, 6.07) is 0. The molecule has 1 amide bonds. The van der Waals surface area contributed by atoms with Gasteiger partial charge in [-0.25, -0.2) is 0 Å². The minimum atomic E-state index is 0.0635. The summed E-state index contributed by atoms with van der Waals surface area (Å²) in [5.74, 6) is 0.0635. The van der Waals surface area contributed by atoms with E-state index in [0.29, 0.717) is 0 Å². The van der Waals surface area contributed by atoms with Gasteiger partial charge in [0.25, 0.3) is 0 Å². The van der Waals surface area contributed by atoms with Crippen molar-refractivity contribution in [2.24, 2.45) is 5.73 Å². The van der Waals surface area contributed by atoms with Gasteiger partial charge < -0.3 is 10.6 Å². The molecular weight excluding hydrogens is 152 g/mol. The first-order valence-electron chi connectivity index (χ1n) is 4.74. The molecule has 0 saturated heterocycles. The van der Waals surface area contributed by atoms with E-state index in [2.05, 4.69) is 6.92 Å². The third-order valence-corrected chi connectivity index (χ3v) is 1.94. The number of likely N-dealkylation sites (N-methyl/N-ethyl adjacent to an activating group) is 1. The second-order valence-electron chi connectivity index (χ2n) is 2.88. The average molecular weight is 172 g/mol. The molecule has 0 fully saturated rings. The topological polar surface area (TPSA) is 46.3 Å². The summed E-state index contributed by atoms with van der Waals surface area (Å²) in [4.78, 5) is 13.0. The first-order chi connectivity index (χ1) is 5.76. The van der Waals surface area contributed by atoms with Crippen molar-refractivity contribution in [2.45, 2.75) is 33.1 Å². The van der Waals surface area contributed by atoms with Crippen LogP contribution in [0.1, 0.15) is 33.1 Å². The van der Waals surface area contributed by atoms with E-state index in [1.54, 1.807) is 0 Å². The molecule has 0 aliphatic carbocycles. The number of carbonyl (C=O) groups excluding carboxylic acids is 1. The van der Waals surface area contributed by atoms with Crippen LogP contribution in [0.25, 0.3) is 0 Å². The SMILES string of the molecule is CCCCCN(CC)C(=O)CN. The monoisotopic (exact) mass is 172 g/mol. The molecule has 0 spiro atoms. The van der Waals surface area contributed by atoms with Gasteiger partial charge >= 0.3 is 0 Å². The predicted octanol–water partition coefficient (Wildman–Crippen LogP) is 0.984. The summed E-state index contributed by atoms with van der Waals surface area (Å²) in [5.41, 5.74) is 5.26. The minimum Gasteiger partial charge on any atom is -0.342 e. The standard InChI is InChI=1S/C9H20N2O/c1-3-5-6-7-11(4-2)9(12)8-10/h3-8,10H2,1-2H3. The highest BCUT2D eigenvalue weighted by molar-refractivity contribution is 5.77. The van der Waals surface area contributed by atoms with E-state index in [-0.39, 0.29) is 12.5 Å². The van der Waals surface area contributed by atoms with Crippen molar-refractivity contribution in [3.63, 3.8) is 0 Å². The van der Waals surface area contributed by atoms with Crippen molar-refractivity contribution in [1.82, 2.24) is 4.90 Å².